The molecule has 0 aromatic carbocycles. The summed E-state index contributed by atoms with van der Waals surface area (Å²) in [4.78, 5) is 25.1. The number of hydrogen-bond donors (Lipinski definition) is 0. The largest absolute Gasteiger partial charge is 0.444 e. The Hall–Kier alpha value is -1.14. The van der Waals surface area contributed by atoms with Crippen molar-refractivity contribution in [3.63, 3.8) is 0 Å². The number of nitrogens with zero attached hydrogens (tertiary/aromatic N) is 1. The summed E-state index contributed by atoms with van der Waals surface area (Å²) < 4.78 is 16.7. The van der Waals surface area contributed by atoms with Crippen molar-refractivity contribution in [2.24, 2.45) is 0 Å². The molecule has 0 bridgehead atoms. The molecule has 2 rings (SSSR count). The first kappa shape index (κ1) is 15.3. The lowest BCUT2D eigenvalue weighted by Crippen LogP contribution is -2.58. The minimum Gasteiger partial charge on any atom is -0.444 e. The predicted molar refractivity (Wildman–Crippen MR) is 71.3 cm³/mol. The quantitative estimate of drug-likeness (QED) is 0.686. The number of likely N-dealkylation sites (tertiary alicyclic amines) is 1. The van der Waals surface area contributed by atoms with Crippen LogP contribution in [-0.4, -0.2) is 54.0 Å². The van der Waals surface area contributed by atoms with Gasteiger partial charge >= 0.3 is 6.09 Å². The lowest BCUT2D eigenvalue weighted by Gasteiger charge is -2.45. The molecule has 2 fully saturated rings. The molecule has 6 heteroatoms. The second-order valence-electron chi connectivity index (χ2n) is 6.46. The molecule has 0 N–H and O–H groups in total. The zero-order valence-electron chi connectivity index (χ0n) is 12.5. The van der Waals surface area contributed by atoms with Crippen LogP contribution in [0.4, 0.5) is 4.79 Å². The van der Waals surface area contributed by atoms with Crippen molar-refractivity contribution in [2.75, 3.05) is 13.2 Å². The van der Waals surface area contributed by atoms with Crippen LogP contribution in [0.1, 0.15) is 40.5 Å². The van der Waals surface area contributed by atoms with Gasteiger partial charge in [-0.3, -0.25) is 4.90 Å². The molecule has 1 spiro atoms. The summed E-state index contributed by atoms with van der Waals surface area (Å²) >= 11 is 0. The van der Waals surface area contributed by atoms with E-state index in [9.17, 15) is 9.59 Å². The first-order valence-corrected chi connectivity index (χ1v) is 7.01. The summed E-state index contributed by atoms with van der Waals surface area (Å²) in [6, 6.07) is -0.751. The predicted octanol–water partition coefficient (Wildman–Crippen LogP) is 1.72. The van der Waals surface area contributed by atoms with Gasteiger partial charge in [-0.15, -0.1) is 0 Å². The molecule has 2 aliphatic rings. The maximum Gasteiger partial charge on any atom is 0.411 e. The monoisotopic (exact) mass is 285 g/mol. The van der Waals surface area contributed by atoms with Gasteiger partial charge < -0.3 is 19.0 Å². The van der Waals surface area contributed by atoms with Gasteiger partial charge in [-0.1, -0.05) is 0 Å². The van der Waals surface area contributed by atoms with E-state index in [1.165, 1.54) is 4.90 Å². The lowest BCUT2D eigenvalue weighted by molar-refractivity contribution is -0.202. The Morgan fingerprint density at radius 3 is 2.40 bits per heavy atom. The van der Waals surface area contributed by atoms with Crippen LogP contribution in [0.5, 0.6) is 0 Å². The van der Waals surface area contributed by atoms with E-state index in [-0.39, 0.29) is 6.04 Å². The Balaban J connectivity index is 2.13. The molecule has 0 radical (unpaired) electrons. The van der Waals surface area contributed by atoms with Gasteiger partial charge in [-0.05, 0) is 27.7 Å². The summed E-state index contributed by atoms with van der Waals surface area (Å²) in [5, 5.41) is 0. The third-order valence-electron chi connectivity index (χ3n) is 3.53. The number of ether oxygens (including phenoxy) is 3. The lowest BCUT2D eigenvalue weighted by atomic mass is 9.91. The Morgan fingerprint density at radius 1 is 1.30 bits per heavy atom. The fourth-order valence-corrected chi connectivity index (χ4v) is 2.85. The van der Waals surface area contributed by atoms with Crippen molar-refractivity contribution < 1.29 is 23.8 Å². The Bertz CT molecular complexity index is 384. The highest BCUT2D eigenvalue weighted by Crippen LogP contribution is 2.37. The molecule has 20 heavy (non-hydrogen) atoms. The fraction of sp³-hybridized carbons (Fsp3) is 0.857. The number of piperidine rings is 1. The van der Waals surface area contributed by atoms with Gasteiger partial charge in [0, 0.05) is 18.9 Å². The smallest absolute Gasteiger partial charge is 0.411 e. The second kappa shape index (κ2) is 5.33. The van der Waals surface area contributed by atoms with Crippen molar-refractivity contribution in [1.82, 2.24) is 4.90 Å². The number of aldehydes is 1. The van der Waals surface area contributed by atoms with E-state index >= 15 is 0 Å². The number of rotatable bonds is 1. The minimum absolute atomic E-state index is 0.174. The van der Waals surface area contributed by atoms with Gasteiger partial charge in [0.05, 0.1) is 19.3 Å². The molecule has 1 unspecified atom stereocenters. The van der Waals surface area contributed by atoms with Crippen molar-refractivity contribution in [2.45, 2.75) is 64.0 Å². The van der Waals surface area contributed by atoms with Crippen LogP contribution < -0.4 is 0 Å². The van der Waals surface area contributed by atoms with Gasteiger partial charge in [-0.25, -0.2) is 4.79 Å². The van der Waals surface area contributed by atoms with E-state index in [0.29, 0.717) is 26.1 Å². The summed E-state index contributed by atoms with van der Waals surface area (Å²) in [6.07, 6.45) is 1.22. The number of carbonyl (C=O) groups is 2. The molecule has 6 nitrogen and oxygen atoms in total. The van der Waals surface area contributed by atoms with Crippen LogP contribution in [-0.2, 0) is 19.0 Å². The van der Waals surface area contributed by atoms with E-state index in [0.717, 1.165) is 6.29 Å². The van der Waals surface area contributed by atoms with E-state index in [1.54, 1.807) is 20.8 Å². The zero-order valence-corrected chi connectivity index (χ0v) is 12.5. The molecule has 0 aromatic heterocycles. The van der Waals surface area contributed by atoms with Crippen molar-refractivity contribution in [3.05, 3.63) is 0 Å². The van der Waals surface area contributed by atoms with E-state index in [1.807, 2.05) is 6.92 Å². The van der Waals surface area contributed by atoms with Gasteiger partial charge in [0.1, 0.15) is 11.9 Å². The molecule has 0 aromatic rings. The van der Waals surface area contributed by atoms with Crippen molar-refractivity contribution in [1.29, 1.82) is 0 Å². The van der Waals surface area contributed by atoms with E-state index in [4.69, 9.17) is 14.2 Å². The van der Waals surface area contributed by atoms with Crippen molar-refractivity contribution in [3.8, 4) is 0 Å². The topological polar surface area (TPSA) is 65.1 Å². The van der Waals surface area contributed by atoms with Crippen LogP contribution in [0, 0.1) is 0 Å². The van der Waals surface area contributed by atoms with Gasteiger partial charge in [0.25, 0.3) is 0 Å². The Labute approximate surface area is 119 Å². The average molecular weight is 285 g/mol. The number of amides is 1. The first-order chi connectivity index (χ1) is 9.26. The van der Waals surface area contributed by atoms with Gasteiger partial charge in [0.2, 0.25) is 0 Å². The molecular formula is C14H23NO5. The average Bonchev–Trinajstić information content (AvgIpc) is 2.73. The van der Waals surface area contributed by atoms with Crippen molar-refractivity contribution >= 4 is 12.4 Å². The maximum absolute atomic E-state index is 12.3. The minimum atomic E-state index is -0.719. The highest BCUT2D eigenvalue weighted by molar-refractivity contribution is 5.74. The van der Waals surface area contributed by atoms with Crippen LogP contribution in [0.2, 0.25) is 0 Å². The van der Waals surface area contributed by atoms with Gasteiger partial charge in [0.15, 0.2) is 5.79 Å². The third-order valence-corrected chi connectivity index (χ3v) is 3.53. The molecule has 0 aliphatic carbocycles. The second-order valence-corrected chi connectivity index (χ2v) is 6.46. The number of carbonyl (C=O) groups excluding carboxylic acids is 2. The van der Waals surface area contributed by atoms with Crippen LogP contribution >= 0.6 is 0 Å². The number of hydrogen-bond acceptors (Lipinski definition) is 5. The van der Waals surface area contributed by atoms with E-state index < -0.39 is 23.5 Å². The first-order valence-electron chi connectivity index (χ1n) is 7.01. The van der Waals surface area contributed by atoms with Crippen LogP contribution in [0.25, 0.3) is 0 Å². The highest BCUT2D eigenvalue weighted by atomic mass is 16.7. The highest BCUT2D eigenvalue weighted by Gasteiger charge is 2.49. The summed E-state index contributed by atoms with van der Waals surface area (Å²) in [5.74, 6) is -0.719. The van der Waals surface area contributed by atoms with E-state index in [2.05, 4.69) is 0 Å². The van der Waals surface area contributed by atoms with Crippen LogP contribution in [0.15, 0.2) is 0 Å². The zero-order chi connectivity index (χ0) is 15.0. The maximum atomic E-state index is 12.3. The molecule has 0 saturated carbocycles. The fourth-order valence-electron chi connectivity index (χ4n) is 2.85. The molecule has 114 valence electrons. The summed E-state index contributed by atoms with van der Waals surface area (Å²) in [5.41, 5.74) is -0.584. The molecule has 2 atom stereocenters. The normalized spacial score (nSPS) is 29.5. The third kappa shape index (κ3) is 3.12. The molecule has 2 heterocycles. The Morgan fingerprint density at radius 2 is 1.90 bits per heavy atom. The molecule has 2 saturated heterocycles. The van der Waals surface area contributed by atoms with Gasteiger partial charge in [-0.2, -0.15) is 0 Å². The Kier molecular flexibility index (Phi) is 4.07. The molecule has 2 aliphatic heterocycles. The SMILES string of the molecule is CC1CC2(C[C@@H](C=O)N1C(=O)OC(C)(C)C)OCCO2. The van der Waals surface area contributed by atoms with Crippen LogP contribution in [0.3, 0.4) is 0 Å². The summed E-state index contributed by atoms with van der Waals surface area (Å²) in [7, 11) is 0. The standard InChI is InChI=1S/C14H23NO5/c1-10-7-14(18-5-6-19-14)8-11(9-16)15(10)12(17)20-13(2,3)4/h9-11H,5-8H2,1-4H3/t10?,11-/m0/s1. The molecule has 1 amide bonds. The molecular weight excluding hydrogens is 262 g/mol. The summed E-state index contributed by atoms with van der Waals surface area (Å²) in [6.45, 7) is 8.36.